The number of hydrogen-bond acceptors (Lipinski definition) is 2. The third-order valence-electron chi connectivity index (χ3n) is 3.38. The standard InChI is InChI=1S/C16H9F2N3/c17-11-7-12(18)15-14(8-11)20-16(21-15)10-3-4-13-9(6-10)2-1-5-19-13/h1-8H,(H,20,21). The molecule has 21 heavy (non-hydrogen) atoms. The van der Waals surface area contributed by atoms with Crippen LogP contribution in [0.1, 0.15) is 0 Å². The zero-order valence-corrected chi connectivity index (χ0v) is 10.8. The Kier molecular flexibility index (Phi) is 2.47. The lowest BCUT2D eigenvalue weighted by molar-refractivity contribution is 0.591. The summed E-state index contributed by atoms with van der Waals surface area (Å²) in [6, 6.07) is 11.5. The van der Waals surface area contributed by atoms with Gasteiger partial charge in [-0.1, -0.05) is 6.07 Å². The van der Waals surface area contributed by atoms with Crippen LogP contribution in [0.5, 0.6) is 0 Å². The molecule has 0 spiro atoms. The molecule has 0 fully saturated rings. The summed E-state index contributed by atoms with van der Waals surface area (Å²) in [6.07, 6.45) is 1.72. The topological polar surface area (TPSA) is 41.6 Å². The first-order valence-electron chi connectivity index (χ1n) is 6.41. The zero-order chi connectivity index (χ0) is 14.4. The first-order chi connectivity index (χ1) is 10.2. The van der Waals surface area contributed by atoms with Gasteiger partial charge in [-0.05, 0) is 30.3 Å². The molecule has 0 atom stereocenters. The van der Waals surface area contributed by atoms with Crippen molar-refractivity contribution in [2.24, 2.45) is 0 Å². The minimum absolute atomic E-state index is 0.137. The number of fused-ring (bicyclic) bond motifs is 2. The van der Waals surface area contributed by atoms with Crippen LogP contribution in [-0.4, -0.2) is 15.0 Å². The van der Waals surface area contributed by atoms with Gasteiger partial charge < -0.3 is 4.98 Å². The third-order valence-corrected chi connectivity index (χ3v) is 3.38. The summed E-state index contributed by atoms with van der Waals surface area (Å²) in [5.74, 6) is -0.798. The van der Waals surface area contributed by atoms with Crippen molar-refractivity contribution in [2.75, 3.05) is 0 Å². The van der Waals surface area contributed by atoms with E-state index in [-0.39, 0.29) is 5.52 Å². The monoisotopic (exact) mass is 281 g/mol. The molecule has 102 valence electrons. The van der Waals surface area contributed by atoms with Gasteiger partial charge in [0, 0.05) is 23.2 Å². The SMILES string of the molecule is Fc1cc(F)c2nc(-c3ccc4ncccc4c3)[nH]c2c1. The van der Waals surface area contributed by atoms with Gasteiger partial charge >= 0.3 is 0 Å². The van der Waals surface area contributed by atoms with Crippen molar-refractivity contribution in [3.8, 4) is 11.4 Å². The van der Waals surface area contributed by atoms with Crippen molar-refractivity contribution in [3.05, 3.63) is 60.3 Å². The maximum atomic E-state index is 13.7. The molecule has 5 heteroatoms. The summed E-state index contributed by atoms with van der Waals surface area (Å²) in [5, 5.41) is 0.960. The molecular weight excluding hydrogens is 272 g/mol. The minimum atomic E-state index is -0.671. The van der Waals surface area contributed by atoms with Crippen molar-refractivity contribution >= 4 is 21.9 Å². The molecule has 4 rings (SSSR count). The van der Waals surface area contributed by atoms with E-state index < -0.39 is 11.6 Å². The smallest absolute Gasteiger partial charge is 0.153 e. The molecule has 0 aliphatic heterocycles. The maximum absolute atomic E-state index is 13.7. The molecule has 0 aliphatic carbocycles. The Morgan fingerprint density at radius 1 is 1.00 bits per heavy atom. The largest absolute Gasteiger partial charge is 0.338 e. The number of aromatic amines is 1. The van der Waals surface area contributed by atoms with E-state index in [1.54, 1.807) is 6.20 Å². The summed E-state index contributed by atoms with van der Waals surface area (Å²) < 4.78 is 26.9. The fourth-order valence-electron chi connectivity index (χ4n) is 2.40. The average Bonchev–Trinajstić information content (AvgIpc) is 2.91. The van der Waals surface area contributed by atoms with Gasteiger partial charge in [-0.25, -0.2) is 13.8 Å². The van der Waals surface area contributed by atoms with Gasteiger partial charge in [0.2, 0.25) is 0 Å². The molecule has 0 aliphatic rings. The predicted molar refractivity (Wildman–Crippen MR) is 76.7 cm³/mol. The van der Waals surface area contributed by atoms with Crippen molar-refractivity contribution in [1.29, 1.82) is 0 Å². The molecule has 2 aromatic carbocycles. The quantitative estimate of drug-likeness (QED) is 0.571. The fraction of sp³-hybridized carbons (Fsp3) is 0. The van der Waals surface area contributed by atoms with Crippen LogP contribution in [0.15, 0.2) is 48.7 Å². The van der Waals surface area contributed by atoms with E-state index in [1.807, 2.05) is 30.3 Å². The lowest BCUT2D eigenvalue weighted by Crippen LogP contribution is -1.83. The first kappa shape index (κ1) is 12.0. The Labute approximate surface area is 118 Å². The molecule has 1 N–H and O–H groups in total. The Morgan fingerprint density at radius 2 is 1.90 bits per heavy atom. The summed E-state index contributed by atoms with van der Waals surface area (Å²) in [7, 11) is 0. The molecular formula is C16H9F2N3. The van der Waals surface area contributed by atoms with Crippen LogP contribution in [0.25, 0.3) is 33.3 Å². The maximum Gasteiger partial charge on any atom is 0.153 e. The molecule has 2 heterocycles. The second kappa shape index (κ2) is 4.34. The number of nitrogens with zero attached hydrogens (tertiary/aromatic N) is 2. The number of nitrogens with one attached hydrogen (secondary N) is 1. The lowest BCUT2D eigenvalue weighted by atomic mass is 10.1. The molecule has 0 saturated carbocycles. The molecule has 0 unspecified atom stereocenters. The van der Waals surface area contributed by atoms with Gasteiger partial charge in [-0.15, -0.1) is 0 Å². The van der Waals surface area contributed by atoms with Crippen LogP contribution in [0.2, 0.25) is 0 Å². The van der Waals surface area contributed by atoms with Crippen molar-refractivity contribution in [1.82, 2.24) is 15.0 Å². The van der Waals surface area contributed by atoms with Gasteiger partial charge in [0.15, 0.2) is 5.82 Å². The van der Waals surface area contributed by atoms with Gasteiger partial charge in [-0.2, -0.15) is 0 Å². The summed E-state index contributed by atoms with van der Waals surface area (Å²) in [5.41, 5.74) is 2.15. The Balaban J connectivity index is 1.93. The van der Waals surface area contributed by atoms with Gasteiger partial charge in [0.25, 0.3) is 0 Å². The van der Waals surface area contributed by atoms with Crippen molar-refractivity contribution in [3.63, 3.8) is 0 Å². The van der Waals surface area contributed by atoms with Crippen molar-refractivity contribution < 1.29 is 8.78 Å². The molecule has 4 aromatic rings. The molecule has 0 amide bonds. The van der Waals surface area contributed by atoms with Crippen LogP contribution >= 0.6 is 0 Å². The van der Waals surface area contributed by atoms with Crippen LogP contribution in [-0.2, 0) is 0 Å². The number of imidazole rings is 1. The van der Waals surface area contributed by atoms with Crippen LogP contribution in [0.4, 0.5) is 8.78 Å². The highest BCUT2D eigenvalue weighted by Crippen LogP contribution is 2.25. The molecule has 0 radical (unpaired) electrons. The van der Waals surface area contributed by atoms with E-state index in [0.29, 0.717) is 11.3 Å². The fourth-order valence-corrected chi connectivity index (χ4v) is 2.40. The number of benzene rings is 2. The van der Waals surface area contributed by atoms with Crippen LogP contribution in [0.3, 0.4) is 0 Å². The van der Waals surface area contributed by atoms with E-state index in [0.717, 1.165) is 22.5 Å². The molecule has 2 aromatic heterocycles. The predicted octanol–water partition coefficient (Wildman–Crippen LogP) is 4.06. The van der Waals surface area contributed by atoms with E-state index in [4.69, 9.17) is 0 Å². The Hall–Kier alpha value is -2.82. The number of halogens is 2. The highest BCUT2D eigenvalue weighted by atomic mass is 19.1. The van der Waals surface area contributed by atoms with E-state index in [9.17, 15) is 8.78 Å². The molecule has 0 bridgehead atoms. The van der Waals surface area contributed by atoms with E-state index in [1.165, 1.54) is 6.07 Å². The van der Waals surface area contributed by atoms with E-state index in [2.05, 4.69) is 15.0 Å². The summed E-state index contributed by atoms with van der Waals surface area (Å²) in [4.78, 5) is 11.4. The summed E-state index contributed by atoms with van der Waals surface area (Å²) >= 11 is 0. The Bertz CT molecular complexity index is 976. The van der Waals surface area contributed by atoms with E-state index >= 15 is 0 Å². The summed E-state index contributed by atoms with van der Waals surface area (Å²) in [6.45, 7) is 0. The van der Waals surface area contributed by atoms with Crippen LogP contribution in [0, 0.1) is 11.6 Å². The normalized spacial score (nSPS) is 11.3. The second-order valence-corrected chi connectivity index (χ2v) is 4.78. The highest BCUT2D eigenvalue weighted by Gasteiger charge is 2.11. The average molecular weight is 281 g/mol. The van der Waals surface area contributed by atoms with Crippen LogP contribution < -0.4 is 0 Å². The van der Waals surface area contributed by atoms with Gasteiger partial charge in [0.1, 0.15) is 17.2 Å². The number of hydrogen-bond donors (Lipinski definition) is 1. The lowest BCUT2D eigenvalue weighted by Gasteiger charge is -1.99. The highest BCUT2D eigenvalue weighted by molar-refractivity contribution is 5.85. The number of pyridine rings is 1. The third kappa shape index (κ3) is 1.94. The number of rotatable bonds is 1. The second-order valence-electron chi connectivity index (χ2n) is 4.78. The number of aromatic nitrogens is 3. The zero-order valence-electron chi connectivity index (χ0n) is 10.8. The molecule has 3 nitrogen and oxygen atoms in total. The van der Waals surface area contributed by atoms with Gasteiger partial charge in [-0.3, -0.25) is 4.98 Å². The van der Waals surface area contributed by atoms with Crippen molar-refractivity contribution in [2.45, 2.75) is 0 Å². The van der Waals surface area contributed by atoms with Gasteiger partial charge in [0.05, 0.1) is 11.0 Å². The minimum Gasteiger partial charge on any atom is -0.338 e. The molecule has 0 saturated heterocycles. The Morgan fingerprint density at radius 3 is 2.81 bits per heavy atom. The first-order valence-corrected chi connectivity index (χ1v) is 6.41. The number of H-pyrrole nitrogens is 1.